The van der Waals surface area contributed by atoms with E-state index < -0.39 is 0 Å². The van der Waals surface area contributed by atoms with Crippen LogP contribution < -0.4 is 10.2 Å². The highest BCUT2D eigenvalue weighted by Crippen LogP contribution is 2.22. The number of aryl methyl sites for hydroxylation is 2. The van der Waals surface area contributed by atoms with Crippen molar-refractivity contribution < 1.29 is 4.74 Å². The highest BCUT2D eigenvalue weighted by atomic mass is 16.5. The van der Waals surface area contributed by atoms with Gasteiger partial charge in [-0.05, 0) is 58.6 Å². The molecular formula is C21H32N4O. The van der Waals surface area contributed by atoms with Crippen molar-refractivity contribution in [1.82, 2.24) is 15.3 Å². The minimum absolute atomic E-state index is 0.304. The maximum Gasteiger partial charge on any atom is 0.226 e. The summed E-state index contributed by atoms with van der Waals surface area (Å²) in [5, 5.41) is 4.80. The summed E-state index contributed by atoms with van der Waals surface area (Å²) in [6.07, 6.45) is 3.79. The average molecular weight is 357 g/mol. The Morgan fingerprint density at radius 2 is 2.04 bits per heavy atom. The maximum atomic E-state index is 5.63. The van der Waals surface area contributed by atoms with Gasteiger partial charge in [0, 0.05) is 31.1 Å². The largest absolute Gasteiger partial charge is 0.377 e. The van der Waals surface area contributed by atoms with Crippen LogP contribution in [0.4, 0.5) is 5.95 Å². The van der Waals surface area contributed by atoms with Crippen LogP contribution in [-0.2, 0) is 4.74 Å². The van der Waals surface area contributed by atoms with Crippen molar-refractivity contribution in [3.8, 4) is 0 Å². The van der Waals surface area contributed by atoms with Crippen molar-refractivity contribution in [3.05, 3.63) is 29.5 Å². The first-order chi connectivity index (χ1) is 12.5. The average Bonchev–Trinajstić information content (AvgIpc) is 2.84. The van der Waals surface area contributed by atoms with Crippen LogP contribution in [0.15, 0.2) is 18.2 Å². The molecule has 1 aliphatic rings. The molecule has 26 heavy (non-hydrogen) atoms. The predicted molar refractivity (Wildman–Crippen MR) is 108 cm³/mol. The summed E-state index contributed by atoms with van der Waals surface area (Å²) in [6.45, 7) is 12.1. The number of nitrogens with zero attached hydrogens (tertiary/aromatic N) is 3. The van der Waals surface area contributed by atoms with Gasteiger partial charge in [-0.25, -0.2) is 9.97 Å². The molecule has 0 bridgehead atoms. The van der Waals surface area contributed by atoms with E-state index in [2.05, 4.69) is 56.1 Å². The molecule has 1 N–H and O–H groups in total. The molecule has 0 amide bonds. The highest BCUT2D eigenvalue weighted by Gasteiger charge is 2.19. The molecule has 1 saturated heterocycles. The van der Waals surface area contributed by atoms with Gasteiger partial charge in [0.15, 0.2) is 0 Å². The van der Waals surface area contributed by atoms with E-state index in [9.17, 15) is 0 Å². The Bertz CT molecular complexity index is 731. The highest BCUT2D eigenvalue weighted by molar-refractivity contribution is 5.82. The number of anilines is 1. The molecule has 0 spiro atoms. The van der Waals surface area contributed by atoms with E-state index >= 15 is 0 Å². The molecular weight excluding hydrogens is 324 g/mol. The van der Waals surface area contributed by atoms with Crippen LogP contribution in [0.2, 0.25) is 0 Å². The lowest BCUT2D eigenvalue weighted by atomic mass is 10.1. The molecule has 1 aromatic heterocycles. The first kappa shape index (κ1) is 19.1. The fraction of sp³-hybridized carbons (Fsp3) is 0.619. The van der Waals surface area contributed by atoms with E-state index in [-0.39, 0.29) is 0 Å². The zero-order valence-corrected chi connectivity index (χ0v) is 16.6. The monoisotopic (exact) mass is 356 g/mol. The number of rotatable bonds is 6. The summed E-state index contributed by atoms with van der Waals surface area (Å²) < 4.78 is 5.63. The van der Waals surface area contributed by atoms with Gasteiger partial charge in [0.2, 0.25) is 5.95 Å². The third-order valence-corrected chi connectivity index (χ3v) is 5.03. The number of hydrogen-bond donors (Lipinski definition) is 1. The van der Waals surface area contributed by atoms with Gasteiger partial charge in [0.05, 0.1) is 23.9 Å². The lowest BCUT2D eigenvalue weighted by Gasteiger charge is -2.22. The zero-order chi connectivity index (χ0) is 18.5. The number of aromatic nitrogens is 2. The molecule has 1 aromatic carbocycles. The third kappa shape index (κ3) is 4.92. The minimum atomic E-state index is 0.304. The first-order valence-electron chi connectivity index (χ1n) is 9.88. The zero-order valence-electron chi connectivity index (χ0n) is 16.6. The lowest BCUT2D eigenvalue weighted by Crippen LogP contribution is -2.34. The second-order valence-electron chi connectivity index (χ2n) is 7.62. The molecule has 2 aromatic rings. The predicted octanol–water partition coefficient (Wildman–Crippen LogP) is 3.62. The summed E-state index contributed by atoms with van der Waals surface area (Å²) in [5.41, 5.74) is 3.36. The maximum absolute atomic E-state index is 5.63. The van der Waals surface area contributed by atoms with E-state index in [1.54, 1.807) is 0 Å². The molecule has 142 valence electrons. The molecule has 1 aliphatic heterocycles. The first-order valence-corrected chi connectivity index (χ1v) is 9.88. The van der Waals surface area contributed by atoms with E-state index in [1.807, 2.05) is 0 Å². The molecule has 2 heterocycles. The van der Waals surface area contributed by atoms with Gasteiger partial charge in [-0.15, -0.1) is 0 Å². The summed E-state index contributed by atoms with van der Waals surface area (Å²) in [4.78, 5) is 12.0. The molecule has 5 nitrogen and oxygen atoms in total. The second-order valence-corrected chi connectivity index (χ2v) is 7.62. The molecule has 1 atom stereocenters. The van der Waals surface area contributed by atoms with Gasteiger partial charge in [0.1, 0.15) is 0 Å². The van der Waals surface area contributed by atoms with Crippen molar-refractivity contribution in [1.29, 1.82) is 0 Å². The van der Waals surface area contributed by atoms with E-state index in [0.29, 0.717) is 12.1 Å². The lowest BCUT2D eigenvalue weighted by molar-refractivity contribution is 0.0791. The Morgan fingerprint density at radius 1 is 1.19 bits per heavy atom. The van der Waals surface area contributed by atoms with Gasteiger partial charge in [0.25, 0.3) is 0 Å². The summed E-state index contributed by atoms with van der Waals surface area (Å²) in [7, 11) is 0. The second kappa shape index (κ2) is 8.78. The number of hydrogen-bond acceptors (Lipinski definition) is 5. The topological polar surface area (TPSA) is 50.3 Å². The van der Waals surface area contributed by atoms with Crippen LogP contribution >= 0.6 is 0 Å². The van der Waals surface area contributed by atoms with Crippen LogP contribution in [0, 0.1) is 13.8 Å². The van der Waals surface area contributed by atoms with Gasteiger partial charge in [-0.1, -0.05) is 12.1 Å². The van der Waals surface area contributed by atoms with Gasteiger partial charge >= 0.3 is 0 Å². The van der Waals surface area contributed by atoms with Crippen LogP contribution in [0.3, 0.4) is 0 Å². The van der Waals surface area contributed by atoms with Crippen molar-refractivity contribution in [2.45, 2.75) is 59.1 Å². The summed E-state index contributed by atoms with van der Waals surface area (Å²) >= 11 is 0. The van der Waals surface area contributed by atoms with Crippen LogP contribution in [0.1, 0.15) is 44.4 Å². The third-order valence-electron chi connectivity index (χ3n) is 5.03. The Balaban J connectivity index is 1.63. The molecule has 0 aliphatic carbocycles. The normalized spacial score (nSPS) is 18.5. The molecule has 1 unspecified atom stereocenters. The van der Waals surface area contributed by atoms with Crippen molar-refractivity contribution in [2.24, 2.45) is 0 Å². The Hall–Kier alpha value is -1.72. The fourth-order valence-electron chi connectivity index (χ4n) is 3.58. The van der Waals surface area contributed by atoms with E-state index in [0.717, 1.165) is 61.6 Å². The van der Waals surface area contributed by atoms with E-state index in [4.69, 9.17) is 14.7 Å². The van der Waals surface area contributed by atoms with Crippen molar-refractivity contribution in [2.75, 3.05) is 31.1 Å². The fourth-order valence-corrected chi connectivity index (χ4v) is 3.58. The summed E-state index contributed by atoms with van der Waals surface area (Å²) in [6, 6.07) is 6.97. The molecule has 5 heteroatoms. The molecule has 1 fully saturated rings. The number of ether oxygens (including phenoxy) is 1. The number of fused-ring (bicyclic) bond motifs is 1. The Morgan fingerprint density at radius 3 is 2.85 bits per heavy atom. The number of nitrogens with one attached hydrogen (secondary N) is 1. The Labute approximate surface area is 157 Å². The van der Waals surface area contributed by atoms with Crippen LogP contribution in [0.5, 0.6) is 0 Å². The van der Waals surface area contributed by atoms with Gasteiger partial charge < -0.3 is 15.0 Å². The Kier molecular flexibility index (Phi) is 6.43. The van der Waals surface area contributed by atoms with Crippen LogP contribution in [-0.4, -0.2) is 48.4 Å². The van der Waals surface area contributed by atoms with Crippen molar-refractivity contribution >= 4 is 16.9 Å². The van der Waals surface area contributed by atoms with E-state index in [1.165, 1.54) is 12.0 Å². The molecule has 0 saturated carbocycles. The minimum Gasteiger partial charge on any atom is -0.377 e. The number of benzene rings is 1. The SMILES string of the molecule is Cc1ccc2c(C)nc(N3CCCC(NCCOC(C)C)CC3)nc2c1. The van der Waals surface area contributed by atoms with Crippen LogP contribution in [0.25, 0.3) is 10.9 Å². The quantitative estimate of drug-likeness (QED) is 0.801. The molecule has 3 rings (SSSR count). The van der Waals surface area contributed by atoms with Gasteiger partial charge in [-0.3, -0.25) is 0 Å². The van der Waals surface area contributed by atoms with Gasteiger partial charge in [-0.2, -0.15) is 0 Å². The summed E-state index contributed by atoms with van der Waals surface area (Å²) in [5.74, 6) is 0.879. The van der Waals surface area contributed by atoms with Crippen molar-refractivity contribution in [3.63, 3.8) is 0 Å². The smallest absolute Gasteiger partial charge is 0.226 e. The molecule has 0 radical (unpaired) electrons. The standard InChI is InChI=1S/C21H32N4O/c1-15(2)26-13-10-22-18-6-5-11-25(12-9-18)21-23-17(4)19-8-7-16(3)14-20(19)24-21/h7-8,14-15,18,22H,5-6,9-13H2,1-4H3.